The summed E-state index contributed by atoms with van der Waals surface area (Å²) in [4.78, 5) is 2.52. The van der Waals surface area contributed by atoms with Crippen molar-refractivity contribution >= 4 is 27.5 Å². The fourth-order valence-corrected chi connectivity index (χ4v) is 3.64. The van der Waals surface area contributed by atoms with Crippen LogP contribution in [0.4, 0.5) is 0 Å². The van der Waals surface area contributed by atoms with Crippen molar-refractivity contribution in [3.63, 3.8) is 0 Å². The van der Waals surface area contributed by atoms with Gasteiger partial charge in [0.05, 0.1) is 5.69 Å². The van der Waals surface area contributed by atoms with E-state index in [-0.39, 0.29) is 0 Å². The first-order chi connectivity index (χ1) is 8.61. The molecule has 1 aromatic rings. The van der Waals surface area contributed by atoms with Gasteiger partial charge in [-0.2, -0.15) is 5.10 Å². The van der Waals surface area contributed by atoms with Crippen molar-refractivity contribution in [2.75, 3.05) is 18.4 Å². The second kappa shape index (κ2) is 6.40. The van der Waals surface area contributed by atoms with Gasteiger partial charge in [-0.15, -0.1) is 0 Å². The van der Waals surface area contributed by atoms with Gasteiger partial charge in [-0.1, -0.05) is 27.5 Å². The zero-order chi connectivity index (χ0) is 13.1. The normalized spacial score (nSPS) is 21.4. The number of halogens is 2. The Kier molecular flexibility index (Phi) is 5.10. The van der Waals surface area contributed by atoms with Gasteiger partial charge in [-0.25, -0.2) is 0 Å². The third-order valence-electron chi connectivity index (χ3n) is 3.77. The molecular formula is C13H21BrClN3. The van der Waals surface area contributed by atoms with E-state index in [1.165, 1.54) is 37.9 Å². The van der Waals surface area contributed by atoms with E-state index in [0.29, 0.717) is 0 Å². The summed E-state index contributed by atoms with van der Waals surface area (Å²) in [6.45, 7) is 5.36. The van der Waals surface area contributed by atoms with E-state index in [1.807, 2.05) is 14.0 Å². The van der Waals surface area contributed by atoms with Crippen molar-refractivity contribution in [1.29, 1.82) is 0 Å². The first kappa shape index (κ1) is 14.4. The molecule has 1 aliphatic heterocycles. The summed E-state index contributed by atoms with van der Waals surface area (Å²) >= 11 is 9.84. The molecule has 0 aromatic carbocycles. The minimum absolute atomic E-state index is 0.787. The topological polar surface area (TPSA) is 21.1 Å². The monoisotopic (exact) mass is 333 g/mol. The summed E-state index contributed by atoms with van der Waals surface area (Å²) in [5.41, 5.74) is 2.25. The summed E-state index contributed by atoms with van der Waals surface area (Å²) in [6.07, 6.45) is 3.94. The number of hydrogen-bond donors (Lipinski definition) is 0. The number of piperidine rings is 1. The van der Waals surface area contributed by atoms with Crippen LogP contribution in [-0.4, -0.2) is 33.1 Å². The van der Waals surface area contributed by atoms with Gasteiger partial charge in [-0.05, 0) is 38.6 Å². The van der Waals surface area contributed by atoms with E-state index in [4.69, 9.17) is 11.6 Å². The first-order valence-electron chi connectivity index (χ1n) is 6.58. The van der Waals surface area contributed by atoms with E-state index >= 15 is 0 Å². The number of hydrogen-bond acceptors (Lipinski definition) is 2. The third kappa shape index (κ3) is 3.28. The zero-order valence-electron chi connectivity index (χ0n) is 11.1. The molecular weight excluding hydrogens is 314 g/mol. The fraction of sp³-hybridized carbons (Fsp3) is 0.769. The number of likely N-dealkylation sites (tertiary alicyclic amines) is 1. The molecule has 1 unspecified atom stereocenters. The molecule has 1 aromatic heterocycles. The lowest BCUT2D eigenvalue weighted by Crippen LogP contribution is -2.35. The molecule has 1 aliphatic rings. The molecule has 1 saturated heterocycles. The second-order valence-corrected chi connectivity index (χ2v) is 6.35. The van der Waals surface area contributed by atoms with E-state index in [1.54, 1.807) is 4.68 Å². The van der Waals surface area contributed by atoms with Crippen LogP contribution >= 0.6 is 27.5 Å². The highest BCUT2D eigenvalue weighted by Crippen LogP contribution is 2.25. The maximum Gasteiger partial charge on any atom is 0.131 e. The molecule has 2 rings (SSSR count). The number of aryl methyl sites for hydroxylation is 2. The summed E-state index contributed by atoms with van der Waals surface area (Å²) in [7, 11) is 1.91. The standard InChI is InChI=1S/C13H21BrClN3/c1-10-12(13(15)17(2)16-10)9-18-7-3-4-11(8-18)5-6-14/h11H,3-9H2,1-2H3. The van der Waals surface area contributed by atoms with Crippen molar-refractivity contribution in [3.05, 3.63) is 16.4 Å². The van der Waals surface area contributed by atoms with Gasteiger partial charge in [0.25, 0.3) is 0 Å². The van der Waals surface area contributed by atoms with Crippen molar-refractivity contribution in [3.8, 4) is 0 Å². The van der Waals surface area contributed by atoms with Crippen LogP contribution in [0, 0.1) is 12.8 Å². The van der Waals surface area contributed by atoms with E-state index in [9.17, 15) is 0 Å². The Hall–Kier alpha value is -0.0600. The smallest absolute Gasteiger partial charge is 0.131 e. The molecule has 2 heterocycles. The molecule has 0 aliphatic carbocycles. The molecule has 102 valence electrons. The summed E-state index contributed by atoms with van der Waals surface area (Å²) in [5, 5.41) is 6.28. The minimum Gasteiger partial charge on any atom is -0.299 e. The van der Waals surface area contributed by atoms with Gasteiger partial charge >= 0.3 is 0 Å². The minimum atomic E-state index is 0.787. The largest absolute Gasteiger partial charge is 0.299 e. The highest BCUT2D eigenvalue weighted by atomic mass is 79.9. The first-order valence-corrected chi connectivity index (χ1v) is 8.08. The lowest BCUT2D eigenvalue weighted by atomic mass is 9.95. The Morgan fingerprint density at radius 2 is 2.28 bits per heavy atom. The van der Waals surface area contributed by atoms with Crippen molar-refractivity contribution in [1.82, 2.24) is 14.7 Å². The Bertz CT molecular complexity index is 403. The van der Waals surface area contributed by atoms with Crippen LogP contribution in [0.1, 0.15) is 30.5 Å². The molecule has 1 fully saturated rings. The van der Waals surface area contributed by atoms with Crippen LogP contribution in [0.5, 0.6) is 0 Å². The Morgan fingerprint density at radius 1 is 1.50 bits per heavy atom. The van der Waals surface area contributed by atoms with Gasteiger partial charge < -0.3 is 0 Å². The second-order valence-electron chi connectivity index (χ2n) is 5.20. The molecule has 0 amide bonds. The van der Waals surface area contributed by atoms with Crippen LogP contribution < -0.4 is 0 Å². The van der Waals surface area contributed by atoms with Gasteiger partial charge in [0.15, 0.2) is 0 Å². The highest BCUT2D eigenvalue weighted by molar-refractivity contribution is 9.09. The number of alkyl halides is 1. The predicted octanol–water partition coefficient (Wildman–Crippen LogP) is 3.38. The average molecular weight is 335 g/mol. The lowest BCUT2D eigenvalue weighted by molar-refractivity contribution is 0.165. The van der Waals surface area contributed by atoms with Crippen LogP contribution in [0.25, 0.3) is 0 Å². The summed E-state index contributed by atoms with van der Waals surface area (Å²) in [5.74, 6) is 0.828. The van der Waals surface area contributed by atoms with Crippen molar-refractivity contribution in [2.24, 2.45) is 13.0 Å². The predicted molar refractivity (Wildman–Crippen MR) is 79.4 cm³/mol. The Labute approximate surface area is 123 Å². The van der Waals surface area contributed by atoms with Crippen molar-refractivity contribution < 1.29 is 0 Å². The molecule has 0 saturated carbocycles. The molecule has 0 spiro atoms. The summed E-state index contributed by atoms with van der Waals surface area (Å²) in [6, 6.07) is 0. The van der Waals surface area contributed by atoms with Crippen LogP contribution in [0.2, 0.25) is 5.15 Å². The zero-order valence-corrected chi connectivity index (χ0v) is 13.5. The quantitative estimate of drug-likeness (QED) is 0.787. The molecule has 5 heteroatoms. The SMILES string of the molecule is Cc1nn(C)c(Cl)c1CN1CCCC(CCBr)C1. The summed E-state index contributed by atoms with van der Waals surface area (Å²) < 4.78 is 1.77. The maximum absolute atomic E-state index is 6.30. The third-order valence-corrected chi connectivity index (χ3v) is 4.70. The molecule has 0 radical (unpaired) electrons. The number of aromatic nitrogens is 2. The van der Waals surface area contributed by atoms with Gasteiger partial charge in [0.2, 0.25) is 0 Å². The number of nitrogens with zero attached hydrogens (tertiary/aromatic N) is 3. The molecule has 18 heavy (non-hydrogen) atoms. The van der Waals surface area contributed by atoms with Gasteiger partial charge in [-0.3, -0.25) is 9.58 Å². The van der Waals surface area contributed by atoms with Crippen LogP contribution in [0.3, 0.4) is 0 Å². The van der Waals surface area contributed by atoms with E-state index in [0.717, 1.165) is 28.6 Å². The highest BCUT2D eigenvalue weighted by Gasteiger charge is 2.22. The number of rotatable bonds is 4. The molecule has 1 atom stereocenters. The molecule has 3 nitrogen and oxygen atoms in total. The Morgan fingerprint density at radius 3 is 2.89 bits per heavy atom. The van der Waals surface area contributed by atoms with Crippen molar-refractivity contribution in [2.45, 2.75) is 32.7 Å². The van der Waals surface area contributed by atoms with Gasteiger partial charge in [0.1, 0.15) is 5.15 Å². The van der Waals surface area contributed by atoms with Crippen LogP contribution in [0.15, 0.2) is 0 Å². The molecule has 0 bridgehead atoms. The fourth-order valence-electron chi connectivity index (χ4n) is 2.76. The lowest BCUT2D eigenvalue weighted by Gasteiger charge is -2.32. The average Bonchev–Trinajstić information content (AvgIpc) is 2.57. The maximum atomic E-state index is 6.30. The Balaban J connectivity index is 2.00. The van der Waals surface area contributed by atoms with Crippen LogP contribution in [-0.2, 0) is 13.6 Å². The van der Waals surface area contributed by atoms with E-state index in [2.05, 4.69) is 25.9 Å². The van der Waals surface area contributed by atoms with E-state index < -0.39 is 0 Å². The van der Waals surface area contributed by atoms with Gasteiger partial charge in [0, 0.05) is 31.0 Å². The molecule has 0 N–H and O–H groups in total.